The summed E-state index contributed by atoms with van der Waals surface area (Å²) >= 11 is 0. The molecule has 1 fully saturated rings. The van der Waals surface area contributed by atoms with Crippen LogP contribution in [0.15, 0.2) is 0 Å². The highest BCUT2D eigenvalue weighted by Gasteiger charge is 2.44. The van der Waals surface area contributed by atoms with E-state index < -0.39 is 17.5 Å². The summed E-state index contributed by atoms with van der Waals surface area (Å²) in [6.07, 6.45) is 1.24. The minimum atomic E-state index is -0.958. The highest BCUT2D eigenvalue weighted by Crippen LogP contribution is 2.15. The van der Waals surface area contributed by atoms with Gasteiger partial charge in [-0.25, -0.2) is 4.79 Å². The van der Waals surface area contributed by atoms with Crippen molar-refractivity contribution in [3.05, 3.63) is 0 Å². The quantitative estimate of drug-likeness (QED) is 0.572. The van der Waals surface area contributed by atoms with E-state index in [1.54, 1.807) is 13.8 Å². The van der Waals surface area contributed by atoms with Crippen LogP contribution in [0.25, 0.3) is 0 Å². The fourth-order valence-electron chi connectivity index (χ4n) is 1.90. The van der Waals surface area contributed by atoms with Gasteiger partial charge in [0.25, 0.3) is 5.91 Å². The Bertz CT molecular complexity index is 381. The summed E-state index contributed by atoms with van der Waals surface area (Å²) in [4.78, 5) is 36.1. The third kappa shape index (κ3) is 3.92. The molecule has 1 unspecified atom stereocenters. The number of carbonyl (C=O) groups excluding carboxylic acids is 3. The van der Waals surface area contributed by atoms with Crippen LogP contribution in [0, 0.1) is 0 Å². The maximum Gasteiger partial charge on any atom is 0.325 e. The first-order valence-corrected chi connectivity index (χ1v) is 6.32. The van der Waals surface area contributed by atoms with Gasteiger partial charge in [-0.2, -0.15) is 0 Å². The van der Waals surface area contributed by atoms with E-state index in [0.29, 0.717) is 12.8 Å². The van der Waals surface area contributed by atoms with E-state index in [4.69, 9.17) is 5.11 Å². The summed E-state index contributed by atoms with van der Waals surface area (Å²) in [7, 11) is 0. The van der Waals surface area contributed by atoms with Crippen molar-refractivity contribution in [2.24, 2.45) is 0 Å². The Kier molecular flexibility index (Phi) is 4.88. The Balaban J connectivity index is 2.49. The topological polar surface area (TPSA) is 98.7 Å². The predicted molar refractivity (Wildman–Crippen MR) is 68.2 cm³/mol. The number of carbonyl (C=O) groups is 3. The standard InChI is InChI=1S/C12H21N3O4/c1-8(5-4-6-16)13-9(17)7-15-10(18)12(2,3)14-11(15)19/h8,16H,4-7H2,1-3H3,(H,13,17)(H,14,19). The Morgan fingerprint density at radius 3 is 2.58 bits per heavy atom. The van der Waals surface area contributed by atoms with Crippen LogP contribution < -0.4 is 10.6 Å². The van der Waals surface area contributed by atoms with Gasteiger partial charge in [-0.15, -0.1) is 0 Å². The van der Waals surface area contributed by atoms with Gasteiger partial charge in [0.05, 0.1) is 0 Å². The molecular formula is C12H21N3O4. The van der Waals surface area contributed by atoms with Gasteiger partial charge in [0, 0.05) is 12.6 Å². The molecule has 4 amide bonds. The minimum absolute atomic E-state index is 0.0708. The van der Waals surface area contributed by atoms with Gasteiger partial charge in [-0.05, 0) is 33.6 Å². The molecular weight excluding hydrogens is 250 g/mol. The second-order valence-corrected chi connectivity index (χ2v) is 5.28. The normalized spacial score (nSPS) is 19.3. The fraction of sp³-hybridized carbons (Fsp3) is 0.750. The molecule has 1 aliphatic rings. The van der Waals surface area contributed by atoms with Crippen molar-refractivity contribution >= 4 is 17.8 Å². The van der Waals surface area contributed by atoms with Crippen molar-refractivity contribution in [2.45, 2.75) is 45.2 Å². The molecule has 7 heteroatoms. The van der Waals surface area contributed by atoms with Crippen LogP contribution in [-0.2, 0) is 9.59 Å². The second-order valence-electron chi connectivity index (χ2n) is 5.28. The van der Waals surface area contributed by atoms with Crippen molar-refractivity contribution in [2.75, 3.05) is 13.2 Å². The third-order valence-corrected chi connectivity index (χ3v) is 2.95. The molecule has 1 aliphatic heterocycles. The fourth-order valence-corrected chi connectivity index (χ4v) is 1.90. The van der Waals surface area contributed by atoms with Crippen LogP contribution in [-0.4, -0.2) is 52.6 Å². The number of rotatable bonds is 6. The molecule has 3 N–H and O–H groups in total. The molecule has 0 aromatic heterocycles. The van der Waals surface area contributed by atoms with E-state index in [1.807, 2.05) is 6.92 Å². The lowest BCUT2D eigenvalue weighted by Crippen LogP contribution is -2.44. The molecule has 0 aliphatic carbocycles. The van der Waals surface area contributed by atoms with Gasteiger partial charge in [0.2, 0.25) is 5.91 Å². The molecule has 0 aromatic carbocycles. The van der Waals surface area contributed by atoms with Crippen molar-refractivity contribution < 1.29 is 19.5 Å². The Morgan fingerprint density at radius 1 is 1.47 bits per heavy atom. The number of urea groups is 1. The van der Waals surface area contributed by atoms with Gasteiger partial charge >= 0.3 is 6.03 Å². The summed E-state index contributed by atoms with van der Waals surface area (Å²) in [5, 5.41) is 13.9. The second kappa shape index (κ2) is 6.01. The zero-order valence-corrected chi connectivity index (χ0v) is 11.5. The number of aliphatic hydroxyl groups excluding tert-OH is 1. The molecule has 1 rings (SSSR count). The number of hydrogen-bond acceptors (Lipinski definition) is 4. The molecule has 0 bridgehead atoms. The van der Waals surface area contributed by atoms with Crippen molar-refractivity contribution in [1.29, 1.82) is 0 Å². The lowest BCUT2D eigenvalue weighted by Gasteiger charge is -2.17. The molecule has 1 saturated heterocycles. The van der Waals surface area contributed by atoms with Crippen molar-refractivity contribution in [3.8, 4) is 0 Å². The Labute approximate surface area is 112 Å². The Hall–Kier alpha value is -1.63. The van der Waals surface area contributed by atoms with Crippen molar-refractivity contribution in [3.63, 3.8) is 0 Å². The molecule has 0 aromatic rings. The number of aliphatic hydroxyl groups is 1. The Morgan fingerprint density at radius 2 is 2.11 bits per heavy atom. The molecule has 108 valence electrons. The molecule has 1 atom stereocenters. The van der Waals surface area contributed by atoms with E-state index in [9.17, 15) is 14.4 Å². The summed E-state index contributed by atoms with van der Waals surface area (Å²) in [5.41, 5.74) is -0.958. The maximum atomic E-state index is 11.9. The number of imide groups is 1. The van der Waals surface area contributed by atoms with E-state index in [-0.39, 0.29) is 25.1 Å². The zero-order chi connectivity index (χ0) is 14.6. The minimum Gasteiger partial charge on any atom is -0.396 e. The average Bonchev–Trinajstić information content (AvgIpc) is 2.49. The van der Waals surface area contributed by atoms with Crippen LogP contribution in [0.1, 0.15) is 33.6 Å². The number of nitrogens with zero attached hydrogens (tertiary/aromatic N) is 1. The molecule has 19 heavy (non-hydrogen) atoms. The zero-order valence-electron chi connectivity index (χ0n) is 11.5. The van der Waals surface area contributed by atoms with Gasteiger partial charge < -0.3 is 15.7 Å². The first kappa shape index (κ1) is 15.4. The number of hydrogen-bond donors (Lipinski definition) is 3. The van der Waals surface area contributed by atoms with Crippen LogP contribution >= 0.6 is 0 Å². The summed E-state index contributed by atoms with van der Waals surface area (Å²) in [6.45, 7) is 4.78. The highest BCUT2D eigenvalue weighted by molar-refractivity contribution is 6.08. The van der Waals surface area contributed by atoms with Gasteiger partial charge in [0.15, 0.2) is 0 Å². The molecule has 1 heterocycles. The molecule has 0 saturated carbocycles. The lowest BCUT2D eigenvalue weighted by molar-refractivity contribution is -0.134. The molecule has 7 nitrogen and oxygen atoms in total. The summed E-state index contributed by atoms with van der Waals surface area (Å²) in [5.74, 6) is -0.790. The van der Waals surface area contributed by atoms with Gasteiger partial charge in [0.1, 0.15) is 12.1 Å². The van der Waals surface area contributed by atoms with Gasteiger partial charge in [-0.1, -0.05) is 0 Å². The van der Waals surface area contributed by atoms with Crippen LogP contribution in [0.4, 0.5) is 4.79 Å². The monoisotopic (exact) mass is 271 g/mol. The maximum absolute atomic E-state index is 11.9. The largest absolute Gasteiger partial charge is 0.396 e. The first-order valence-electron chi connectivity index (χ1n) is 6.32. The van der Waals surface area contributed by atoms with E-state index in [0.717, 1.165) is 4.90 Å². The predicted octanol–water partition coefficient (Wildman–Crippen LogP) is -0.406. The van der Waals surface area contributed by atoms with Gasteiger partial charge in [-0.3, -0.25) is 14.5 Å². The van der Waals surface area contributed by atoms with Crippen LogP contribution in [0.5, 0.6) is 0 Å². The smallest absolute Gasteiger partial charge is 0.325 e. The lowest BCUT2D eigenvalue weighted by atomic mass is 10.1. The number of amides is 4. The van der Waals surface area contributed by atoms with E-state index in [1.165, 1.54) is 0 Å². The SMILES string of the molecule is CC(CCCO)NC(=O)CN1C(=O)NC(C)(C)C1=O. The highest BCUT2D eigenvalue weighted by atomic mass is 16.3. The van der Waals surface area contributed by atoms with E-state index >= 15 is 0 Å². The van der Waals surface area contributed by atoms with Crippen LogP contribution in [0.3, 0.4) is 0 Å². The first-order chi connectivity index (χ1) is 8.77. The van der Waals surface area contributed by atoms with Crippen LogP contribution in [0.2, 0.25) is 0 Å². The van der Waals surface area contributed by atoms with Crippen molar-refractivity contribution in [1.82, 2.24) is 15.5 Å². The summed E-state index contributed by atoms with van der Waals surface area (Å²) in [6, 6.07) is -0.651. The summed E-state index contributed by atoms with van der Waals surface area (Å²) < 4.78 is 0. The molecule has 0 spiro atoms. The van der Waals surface area contributed by atoms with E-state index in [2.05, 4.69) is 10.6 Å². The number of nitrogens with one attached hydrogen (secondary N) is 2. The molecule has 0 radical (unpaired) electrons. The average molecular weight is 271 g/mol. The third-order valence-electron chi connectivity index (χ3n) is 2.95.